The first-order valence-corrected chi connectivity index (χ1v) is 5.29. The van der Waals surface area contributed by atoms with E-state index in [1.807, 2.05) is 13.0 Å². The molecule has 0 fully saturated rings. The lowest BCUT2D eigenvalue weighted by molar-refractivity contribution is -0.138. The average Bonchev–Trinajstić information content (AvgIpc) is 2.34. The summed E-state index contributed by atoms with van der Waals surface area (Å²) < 4.78 is 10.4. The highest BCUT2D eigenvalue weighted by Gasteiger charge is 2.08. The molecule has 0 saturated carbocycles. The van der Waals surface area contributed by atoms with Crippen molar-refractivity contribution >= 4 is 11.9 Å². The minimum Gasteiger partial charge on any atom is -0.493 e. The van der Waals surface area contributed by atoms with E-state index in [0.717, 1.165) is 5.56 Å². The molecule has 0 bridgehead atoms. The normalized spacial score (nSPS) is 9.67. The van der Waals surface area contributed by atoms with Crippen molar-refractivity contribution in [2.24, 2.45) is 0 Å². The number of carboxylic acid groups (broad SMARTS) is 1. The van der Waals surface area contributed by atoms with Crippen LogP contribution in [0.5, 0.6) is 11.5 Å². The van der Waals surface area contributed by atoms with Gasteiger partial charge >= 0.3 is 5.97 Å². The number of amides is 1. The Bertz CT molecular complexity index is 444. The van der Waals surface area contributed by atoms with Gasteiger partial charge in [0, 0.05) is 0 Å². The minimum absolute atomic E-state index is 0.257. The monoisotopic (exact) mass is 253 g/mol. The SMILES string of the molecule is COc1cc(C)ccc1OCC(=O)NCC(=O)O. The van der Waals surface area contributed by atoms with Crippen LogP contribution in [-0.4, -0.2) is 37.2 Å². The molecule has 0 aliphatic heterocycles. The number of hydrogen-bond acceptors (Lipinski definition) is 4. The Morgan fingerprint density at radius 3 is 2.67 bits per heavy atom. The van der Waals surface area contributed by atoms with Crippen LogP contribution in [0, 0.1) is 6.92 Å². The van der Waals surface area contributed by atoms with Crippen molar-refractivity contribution in [2.45, 2.75) is 6.92 Å². The van der Waals surface area contributed by atoms with Gasteiger partial charge in [0.05, 0.1) is 7.11 Å². The van der Waals surface area contributed by atoms with Gasteiger partial charge in [-0.3, -0.25) is 9.59 Å². The molecule has 0 heterocycles. The van der Waals surface area contributed by atoms with E-state index in [-0.39, 0.29) is 6.61 Å². The fourth-order valence-corrected chi connectivity index (χ4v) is 1.26. The summed E-state index contributed by atoms with van der Waals surface area (Å²) in [6.45, 7) is 1.23. The van der Waals surface area contributed by atoms with Crippen molar-refractivity contribution in [1.29, 1.82) is 0 Å². The van der Waals surface area contributed by atoms with Gasteiger partial charge in [0.15, 0.2) is 18.1 Å². The Kier molecular flexibility index (Phi) is 4.98. The van der Waals surface area contributed by atoms with Crippen LogP contribution in [0.25, 0.3) is 0 Å². The molecular weight excluding hydrogens is 238 g/mol. The smallest absolute Gasteiger partial charge is 0.322 e. The lowest BCUT2D eigenvalue weighted by atomic mass is 10.2. The van der Waals surface area contributed by atoms with E-state index in [2.05, 4.69) is 5.32 Å². The third-order valence-electron chi connectivity index (χ3n) is 2.11. The zero-order chi connectivity index (χ0) is 13.5. The van der Waals surface area contributed by atoms with Crippen molar-refractivity contribution in [1.82, 2.24) is 5.32 Å². The van der Waals surface area contributed by atoms with Crippen LogP contribution in [-0.2, 0) is 9.59 Å². The van der Waals surface area contributed by atoms with E-state index in [1.165, 1.54) is 7.11 Å². The van der Waals surface area contributed by atoms with Gasteiger partial charge in [0.25, 0.3) is 5.91 Å². The van der Waals surface area contributed by atoms with Gasteiger partial charge < -0.3 is 19.9 Å². The van der Waals surface area contributed by atoms with Crippen LogP contribution in [0.4, 0.5) is 0 Å². The molecule has 1 rings (SSSR count). The zero-order valence-electron chi connectivity index (χ0n) is 10.2. The first-order chi connectivity index (χ1) is 8.52. The van der Waals surface area contributed by atoms with Gasteiger partial charge in [0.2, 0.25) is 0 Å². The number of carbonyl (C=O) groups is 2. The predicted octanol–water partition coefficient (Wildman–Crippen LogP) is 0.583. The third-order valence-corrected chi connectivity index (χ3v) is 2.11. The number of aryl methyl sites for hydroxylation is 1. The number of benzene rings is 1. The second kappa shape index (κ2) is 6.48. The Labute approximate surface area is 105 Å². The summed E-state index contributed by atoms with van der Waals surface area (Å²) in [5, 5.41) is 10.6. The topological polar surface area (TPSA) is 84.9 Å². The Morgan fingerprint density at radius 1 is 1.33 bits per heavy atom. The quantitative estimate of drug-likeness (QED) is 0.774. The summed E-state index contributed by atoms with van der Waals surface area (Å²) in [5.74, 6) is -0.633. The fourth-order valence-electron chi connectivity index (χ4n) is 1.26. The Hall–Kier alpha value is -2.24. The lowest BCUT2D eigenvalue weighted by Gasteiger charge is -2.10. The number of hydrogen-bond donors (Lipinski definition) is 2. The van der Waals surface area contributed by atoms with Gasteiger partial charge in [-0.15, -0.1) is 0 Å². The van der Waals surface area contributed by atoms with Gasteiger partial charge in [-0.1, -0.05) is 6.07 Å². The molecule has 98 valence electrons. The van der Waals surface area contributed by atoms with Crippen LogP contribution in [0.15, 0.2) is 18.2 Å². The van der Waals surface area contributed by atoms with Crippen LogP contribution in [0.2, 0.25) is 0 Å². The molecular formula is C12H15NO5. The number of carboxylic acids is 1. The minimum atomic E-state index is -1.10. The van der Waals surface area contributed by atoms with Crippen molar-refractivity contribution < 1.29 is 24.2 Å². The van der Waals surface area contributed by atoms with E-state index in [1.54, 1.807) is 12.1 Å². The van der Waals surface area contributed by atoms with E-state index in [0.29, 0.717) is 11.5 Å². The fraction of sp³-hybridized carbons (Fsp3) is 0.333. The van der Waals surface area contributed by atoms with Crippen LogP contribution in [0.1, 0.15) is 5.56 Å². The first kappa shape index (κ1) is 13.8. The van der Waals surface area contributed by atoms with E-state index < -0.39 is 18.4 Å². The molecule has 0 aromatic heterocycles. The maximum atomic E-state index is 11.2. The van der Waals surface area contributed by atoms with E-state index >= 15 is 0 Å². The van der Waals surface area contributed by atoms with Gasteiger partial charge in [-0.25, -0.2) is 0 Å². The number of carbonyl (C=O) groups excluding carboxylic acids is 1. The molecule has 0 unspecified atom stereocenters. The molecule has 2 N–H and O–H groups in total. The van der Waals surface area contributed by atoms with Crippen LogP contribution < -0.4 is 14.8 Å². The van der Waals surface area contributed by atoms with Gasteiger partial charge in [0.1, 0.15) is 6.54 Å². The van der Waals surface area contributed by atoms with Crippen molar-refractivity contribution in [3.8, 4) is 11.5 Å². The molecule has 0 aliphatic rings. The van der Waals surface area contributed by atoms with Crippen LogP contribution in [0.3, 0.4) is 0 Å². The first-order valence-electron chi connectivity index (χ1n) is 5.29. The maximum Gasteiger partial charge on any atom is 0.322 e. The second-order valence-corrected chi connectivity index (χ2v) is 3.61. The number of ether oxygens (including phenoxy) is 2. The van der Waals surface area contributed by atoms with E-state index in [9.17, 15) is 9.59 Å². The molecule has 1 aromatic rings. The maximum absolute atomic E-state index is 11.2. The molecule has 0 saturated heterocycles. The second-order valence-electron chi connectivity index (χ2n) is 3.61. The number of aliphatic carboxylic acids is 1. The van der Waals surface area contributed by atoms with Crippen molar-refractivity contribution in [3.63, 3.8) is 0 Å². The van der Waals surface area contributed by atoms with Gasteiger partial charge in [-0.05, 0) is 24.6 Å². The summed E-state index contributed by atoms with van der Waals surface area (Å²) in [6, 6.07) is 5.30. The summed E-state index contributed by atoms with van der Waals surface area (Å²) in [4.78, 5) is 21.5. The molecule has 0 spiro atoms. The summed E-state index contributed by atoms with van der Waals surface area (Å²) in [5.41, 5.74) is 1.01. The molecule has 1 aromatic carbocycles. The van der Waals surface area contributed by atoms with Crippen molar-refractivity contribution in [2.75, 3.05) is 20.3 Å². The summed E-state index contributed by atoms with van der Waals surface area (Å²) in [6.07, 6.45) is 0. The molecule has 0 radical (unpaired) electrons. The highest BCUT2D eigenvalue weighted by atomic mass is 16.5. The molecule has 6 nitrogen and oxygen atoms in total. The van der Waals surface area contributed by atoms with Crippen molar-refractivity contribution in [3.05, 3.63) is 23.8 Å². The standard InChI is InChI=1S/C12H15NO5/c1-8-3-4-9(10(5-8)17-2)18-7-11(14)13-6-12(15)16/h3-5H,6-7H2,1-2H3,(H,13,14)(H,15,16). The highest BCUT2D eigenvalue weighted by Crippen LogP contribution is 2.27. The number of methoxy groups -OCH3 is 1. The van der Waals surface area contributed by atoms with E-state index in [4.69, 9.17) is 14.6 Å². The third kappa shape index (κ3) is 4.32. The summed E-state index contributed by atoms with van der Waals surface area (Å²) in [7, 11) is 1.51. The number of nitrogens with one attached hydrogen (secondary N) is 1. The molecule has 6 heteroatoms. The molecule has 0 aliphatic carbocycles. The largest absolute Gasteiger partial charge is 0.493 e. The predicted molar refractivity (Wildman–Crippen MR) is 63.9 cm³/mol. The zero-order valence-corrected chi connectivity index (χ0v) is 10.2. The van der Waals surface area contributed by atoms with Crippen LogP contribution >= 0.6 is 0 Å². The molecule has 1 amide bonds. The Balaban J connectivity index is 2.52. The number of rotatable bonds is 6. The van der Waals surface area contributed by atoms with Gasteiger partial charge in [-0.2, -0.15) is 0 Å². The molecule has 18 heavy (non-hydrogen) atoms. The summed E-state index contributed by atoms with van der Waals surface area (Å²) >= 11 is 0. The average molecular weight is 253 g/mol. The lowest BCUT2D eigenvalue weighted by Crippen LogP contribution is -2.33. The Morgan fingerprint density at radius 2 is 2.06 bits per heavy atom. The highest BCUT2D eigenvalue weighted by molar-refractivity contribution is 5.82. The molecule has 0 atom stereocenters.